The summed E-state index contributed by atoms with van der Waals surface area (Å²) in [7, 11) is 0. The van der Waals surface area contributed by atoms with E-state index in [2.05, 4.69) is 21.5 Å². The topological polar surface area (TPSA) is 85.7 Å². The largest absolute Gasteiger partial charge is 0.489 e. The van der Waals surface area contributed by atoms with Crippen molar-refractivity contribution < 1.29 is 9.84 Å². The van der Waals surface area contributed by atoms with Crippen molar-refractivity contribution in [3.05, 3.63) is 78.4 Å². The minimum Gasteiger partial charge on any atom is -0.489 e. The quantitative estimate of drug-likeness (QED) is 0.460. The predicted octanol–water partition coefficient (Wildman–Crippen LogP) is 4.82. The number of anilines is 1. The van der Waals surface area contributed by atoms with Gasteiger partial charge in [-0.3, -0.25) is 4.40 Å². The van der Waals surface area contributed by atoms with Crippen LogP contribution in [0.5, 0.6) is 5.75 Å². The van der Waals surface area contributed by atoms with Crippen LogP contribution in [0.2, 0.25) is 0 Å². The van der Waals surface area contributed by atoms with Gasteiger partial charge < -0.3 is 15.6 Å². The van der Waals surface area contributed by atoms with Gasteiger partial charge >= 0.3 is 0 Å². The molecule has 32 heavy (non-hydrogen) atoms. The molecule has 2 heterocycles. The number of nitrogen functional groups attached to an aromatic ring is 1. The highest BCUT2D eigenvalue weighted by molar-refractivity contribution is 5.85. The number of aliphatic hydroxyl groups excluding tert-OH is 1. The number of rotatable bonds is 6. The minimum absolute atomic E-state index is 0.271. The highest BCUT2D eigenvalue weighted by Gasteiger charge is 2.27. The molecule has 2 aromatic heterocycles. The molecular weight excluding hydrogens is 400 g/mol. The second kappa shape index (κ2) is 9.01. The number of ether oxygens (including phenoxy) is 1. The fraction of sp³-hybridized carbons (Fsp3) is 0.308. The first kappa shape index (κ1) is 20.5. The second-order valence-corrected chi connectivity index (χ2v) is 8.55. The van der Waals surface area contributed by atoms with Crippen molar-refractivity contribution in [3.8, 4) is 17.0 Å². The summed E-state index contributed by atoms with van der Waals surface area (Å²) in [6.45, 7) is 0.782. The average Bonchev–Trinajstić information content (AvgIpc) is 3.25. The molecule has 0 atom stereocenters. The summed E-state index contributed by atoms with van der Waals surface area (Å²) in [5, 5.41) is 9.49. The highest BCUT2D eigenvalue weighted by atomic mass is 16.5. The molecule has 1 aliphatic carbocycles. The van der Waals surface area contributed by atoms with E-state index in [1.165, 1.54) is 0 Å². The number of fused-ring (bicyclic) bond motifs is 1. The third-order valence-electron chi connectivity index (χ3n) is 6.44. The third-order valence-corrected chi connectivity index (χ3v) is 6.44. The number of nitrogens with two attached hydrogens (primary N) is 1. The Bertz CT molecular complexity index is 1200. The van der Waals surface area contributed by atoms with Gasteiger partial charge in [0, 0.05) is 30.5 Å². The van der Waals surface area contributed by atoms with E-state index in [-0.39, 0.29) is 6.61 Å². The van der Waals surface area contributed by atoms with Gasteiger partial charge in [-0.25, -0.2) is 9.97 Å². The summed E-state index contributed by atoms with van der Waals surface area (Å²) in [6.07, 6.45) is 7.77. The van der Waals surface area contributed by atoms with E-state index in [9.17, 15) is 5.11 Å². The summed E-state index contributed by atoms with van der Waals surface area (Å²) in [5.41, 5.74) is 10.1. The number of imidazole rings is 1. The molecule has 0 unspecified atom stereocenters. The maximum atomic E-state index is 9.49. The minimum atomic E-state index is 0.271. The first-order chi connectivity index (χ1) is 15.7. The number of hydrogen-bond acceptors (Lipinski definition) is 5. The maximum Gasteiger partial charge on any atom is 0.150 e. The lowest BCUT2D eigenvalue weighted by atomic mass is 9.82. The smallest absolute Gasteiger partial charge is 0.150 e. The SMILES string of the molecule is Nc1nccn2c(C3CCC(CO)CC3)nc(-c3cccc(OCc4ccccc4)c3)c12. The number of hydrogen-bond donors (Lipinski definition) is 2. The van der Waals surface area contributed by atoms with E-state index in [4.69, 9.17) is 15.5 Å². The van der Waals surface area contributed by atoms with Crippen LogP contribution in [0.25, 0.3) is 16.8 Å². The first-order valence-electron chi connectivity index (χ1n) is 11.2. The Morgan fingerprint density at radius 2 is 1.84 bits per heavy atom. The maximum absolute atomic E-state index is 9.49. The van der Waals surface area contributed by atoms with Crippen LogP contribution >= 0.6 is 0 Å². The highest BCUT2D eigenvalue weighted by Crippen LogP contribution is 2.38. The summed E-state index contributed by atoms with van der Waals surface area (Å²) in [6, 6.07) is 18.1. The van der Waals surface area contributed by atoms with E-state index in [1.807, 2.05) is 48.7 Å². The molecule has 164 valence electrons. The molecule has 6 nitrogen and oxygen atoms in total. The summed E-state index contributed by atoms with van der Waals surface area (Å²) >= 11 is 0. The molecule has 0 radical (unpaired) electrons. The molecule has 2 aromatic carbocycles. The van der Waals surface area contributed by atoms with Crippen LogP contribution in [0.3, 0.4) is 0 Å². The number of benzene rings is 2. The zero-order chi connectivity index (χ0) is 21.9. The van der Waals surface area contributed by atoms with Crippen molar-refractivity contribution in [2.24, 2.45) is 5.92 Å². The van der Waals surface area contributed by atoms with Crippen molar-refractivity contribution in [2.45, 2.75) is 38.2 Å². The summed E-state index contributed by atoms with van der Waals surface area (Å²) < 4.78 is 8.13. The molecule has 4 aromatic rings. The zero-order valence-corrected chi connectivity index (χ0v) is 18.0. The van der Waals surface area contributed by atoms with Crippen LogP contribution < -0.4 is 10.5 Å². The van der Waals surface area contributed by atoms with Crippen molar-refractivity contribution in [1.82, 2.24) is 14.4 Å². The van der Waals surface area contributed by atoms with Gasteiger partial charge in [-0.1, -0.05) is 42.5 Å². The Balaban J connectivity index is 1.48. The number of aliphatic hydroxyl groups is 1. The lowest BCUT2D eigenvalue weighted by molar-refractivity contribution is 0.181. The molecule has 6 heteroatoms. The Morgan fingerprint density at radius 1 is 1.03 bits per heavy atom. The van der Waals surface area contributed by atoms with E-state index >= 15 is 0 Å². The van der Waals surface area contributed by atoms with Crippen LogP contribution in [0.1, 0.15) is 43.0 Å². The van der Waals surface area contributed by atoms with Crippen LogP contribution in [-0.2, 0) is 6.61 Å². The molecular formula is C26H28N4O2. The van der Waals surface area contributed by atoms with Gasteiger partial charge in [0.05, 0.1) is 0 Å². The van der Waals surface area contributed by atoms with E-state index < -0.39 is 0 Å². The van der Waals surface area contributed by atoms with E-state index in [0.717, 1.165) is 59.6 Å². The second-order valence-electron chi connectivity index (χ2n) is 8.55. The summed E-state index contributed by atoms with van der Waals surface area (Å²) in [5.74, 6) is 3.04. The average molecular weight is 429 g/mol. The van der Waals surface area contributed by atoms with Gasteiger partial charge in [-0.05, 0) is 49.3 Å². The van der Waals surface area contributed by atoms with Crippen LogP contribution in [0, 0.1) is 5.92 Å². The molecule has 3 N–H and O–H groups in total. The predicted molar refractivity (Wildman–Crippen MR) is 125 cm³/mol. The van der Waals surface area contributed by atoms with E-state index in [0.29, 0.717) is 24.3 Å². The Morgan fingerprint density at radius 3 is 2.62 bits per heavy atom. The molecule has 0 spiro atoms. The molecule has 0 aliphatic heterocycles. The molecule has 1 fully saturated rings. The summed E-state index contributed by atoms with van der Waals surface area (Å²) in [4.78, 5) is 9.41. The monoisotopic (exact) mass is 428 g/mol. The molecule has 1 aliphatic rings. The van der Waals surface area contributed by atoms with E-state index in [1.54, 1.807) is 6.20 Å². The Hall–Kier alpha value is -3.38. The van der Waals surface area contributed by atoms with Crippen LogP contribution in [0.4, 0.5) is 5.82 Å². The molecule has 1 saturated carbocycles. The zero-order valence-electron chi connectivity index (χ0n) is 18.0. The Labute approximate surface area is 187 Å². The van der Waals surface area contributed by atoms with Gasteiger partial charge in [-0.15, -0.1) is 0 Å². The molecule has 0 saturated heterocycles. The van der Waals surface area contributed by atoms with Crippen molar-refractivity contribution >= 4 is 11.3 Å². The normalized spacial score (nSPS) is 18.7. The lowest BCUT2D eigenvalue weighted by Crippen LogP contribution is -2.17. The van der Waals surface area contributed by atoms with Crippen LogP contribution in [0.15, 0.2) is 67.0 Å². The lowest BCUT2D eigenvalue weighted by Gasteiger charge is -2.26. The van der Waals surface area contributed by atoms with Crippen LogP contribution in [-0.4, -0.2) is 26.1 Å². The Kier molecular flexibility index (Phi) is 5.77. The number of nitrogens with zero attached hydrogens (tertiary/aromatic N) is 3. The van der Waals surface area contributed by atoms with Gasteiger partial charge in [-0.2, -0.15) is 0 Å². The van der Waals surface area contributed by atoms with Crippen molar-refractivity contribution in [2.75, 3.05) is 12.3 Å². The fourth-order valence-electron chi connectivity index (χ4n) is 4.65. The standard InChI is InChI=1S/C26H28N4O2/c27-25-24-23(21-7-4-8-22(15-21)32-17-19-5-2-1-3-6-19)29-26(30(24)14-13-28-25)20-11-9-18(16-31)10-12-20/h1-8,13-15,18,20,31H,9-12,16-17H2,(H2,27,28). The molecule has 5 rings (SSSR count). The number of aromatic nitrogens is 3. The van der Waals surface area contributed by atoms with Gasteiger partial charge in [0.25, 0.3) is 0 Å². The van der Waals surface area contributed by atoms with Crippen molar-refractivity contribution in [1.29, 1.82) is 0 Å². The van der Waals surface area contributed by atoms with Gasteiger partial charge in [0.15, 0.2) is 0 Å². The third kappa shape index (κ3) is 4.06. The van der Waals surface area contributed by atoms with Gasteiger partial charge in [0.1, 0.15) is 35.2 Å². The van der Waals surface area contributed by atoms with Crippen molar-refractivity contribution in [3.63, 3.8) is 0 Å². The molecule has 0 bridgehead atoms. The molecule has 0 amide bonds. The fourth-order valence-corrected chi connectivity index (χ4v) is 4.65. The van der Waals surface area contributed by atoms with Gasteiger partial charge in [0.2, 0.25) is 0 Å². The first-order valence-corrected chi connectivity index (χ1v) is 11.2.